The van der Waals surface area contributed by atoms with Gasteiger partial charge in [0.2, 0.25) is 0 Å². The van der Waals surface area contributed by atoms with Crippen molar-refractivity contribution in [2.45, 2.75) is 51.1 Å². The number of fused-ring (bicyclic) bond motifs is 1. The van der Waals surface area contributed by atoms with E-state index in [4.69, 9.17) is 0 Å². The van der Waals surface area contributed by atoms with E-state index in [1.807, 2.05) is 0 Å². The minimum Gasteiger partial charge on any atom is -0.348 e. The molecule has 1 unspecified atom stereocenters. The monoisotopic (exact) mass is 437 g/mol. The summed E-state index contributed by atoms with van der Waals surface area (Å²) in [5.74, 6) is -1.08. The number of amides is 2. The van der Waals surface area contributed by atoms with Gasteiger partial charge in [-0.1, -0.05) is 35.9 Å². The minimum absolute atomic E-state index is 0.0590. The van der Waals surface area contributed by atoms with Crippen molar-refractivity contribution < 1.29 is 9.59 Å². The van der Waals surface area contributed by atoms with Gasteiger partial charge in [0.15, 0.2) is 0 Å². The van der Waals surface area contributed by atoms with Gasteiger partial charge < -0.3 is 10.6 Å². The highest BCUT2D eigenvalue weighted by Gasteiger charge is 2.26. The largest absolute Gasteiger partial charge is 0.348 e. The lowest BCUT2D eigenvalue weighted by atomic mass is 9.97. The molecule has 1 aliphatic carbocycles. The van der Waals surface area contributed by atoms with Crippen LogP contribution in [-0.4, -0.2) is 36.3 Å². The van der Waals surface area contributed by atoms with Gasteiger partial charge in [0.1, 0.15) is 0 Å². The van der Waals surface area contributed by atoms with Gasteiger partial charge in [-0.05, 0) is 72.0 Å². The maximum atomic E-state index is 12.4. The molecule has 0 fully saturated rings. The Morgan fingerprint density at radius 1 is 1.03 bits per heavy atom. The molecule has 0 saturated heterocycles. The van der Waals surface area contributed by atoms with Crippen LogP contribution in [0, 0.1) is 0 Å². The van der Waals surface area contributed by atoms with Crippen molar-refractivity contribution in [1.29, 1.82) is 0 Å². The number of nitrogens with zero attached hydrogens (tertiary/aromatic N) is 1. The van der Waals surface area contributed by atoms with E-state index in [1.54, 1.807) is 11.3 Å². The third kappa shape index (κ3) is 5.83. The highest BCUT2D eigenvalue weighted by atomic mass is 32.1. The molecule has 31 heavy (non-hydrogen) atoms. The van der Waals surface area contributed by atoms with Gasteiger partial charge in [-0.3, -0.25) is 14.5 Å². The standard InChI is InChI=1S/C25H31N3O2S/c29-24(26-13-10-19-6-2-1-3-7-19)25(30)27-16-23(22-12-15-31-18-22)28-14-11-20-8-4-5-9-21(20)17-28/h4-6,8-9,12,15,18,23H,1-3,7,10-11,13-14,16-17H2,(H,26,29)(H,27,30). The van der Waals surface area contributed by atoms with Crippen molar-refractivity contribution in [3.8, 4) is 0 Å². The maximum absolute atomic E-state index is 12.4. The van der Waals surface area contributed by atoms with Crippen molar-refractivity contribution in [1.82, 2.24) is 15.5 Å². The molecule has 2 N–H and O–H groups in total. The summed E-state index contributed by atoms with van der Waals surface area (Å²) in [5, 5.41) is 9.85. The lowest BCUT2D eigenvalue weighted by Gasteiger charge is -2.35. The summed E-state index contributed by atoms with van der Waals surface area (Å²) in [7, 11) is 0. The highest BCUT2D eigenvalue weighted by Crippen LogP contribution is 2.28. The van der Waals surface area contributed by atoms with Gasteiger partial charge in [0.05, 0.1) is 6.04 Å². The first-order chi connectivity index (χ1) is 15.2. The van der Waals surface area contributed by atoms with E-state index >= 15 is 0 Å². The molecule has 2 amide bonds. The van der Waals surface area contributed by atoms with E-state index in [-0.39, 0.29) is 6.04 Å². The summed E-state index contributed by atoms with van der Waals surface area (Å²) < 4.78 is 0. The molecule has 1 aliphatic heterocycles. The Kier molecular flexibility index (Phi) is 7.54. The SMILES string of the molecule is O=C(NCCC1=CCCCC1)C(=O)NCC(c1ccsc1)N1CCc2ccccc2C1. The molecule has 2 aromatic rings. The average molecular weight is 438 g/mol. The first-order valence-electron chi connectivity index (χ1n) is 11.3. The molecule has 5 nitrogen and oxygen atoms in total. The third-order valence-electron chi connectivity index (χ3n) is 6.31. The van der Waals surface area contributed by atoms with E-state index in [1.165, 1.54) is 35.1 Å². The zero-order valence-electron chi connectivity index (χ0n) is 17.9. The van der Waals surface area contributed by atoms with Crippen molar-refractivity contribution >= 4 is 23.2 Å². The summed E-state index contributed by atoms with van der Waals surface area (Å²) in [6, 6.07) is 10.7. The summed E-state index contributed by atoms with van der Waals surface area (Å²) in [4.78, 5) is 27.1. The van der Waals surface area contributed by atoms with Crippen LogP contribution in [0.4, 0.5) is 0 Å². The van der Waals surface area contributed by atoms with Crippen molar-refractivity contribution in [3.05, 3.63) is 69.4 Å². The number of hydrogen-bond acceptors (Lipinski definition) is 4. The molecule has 2 aliphatic rings. The number of hydrogen-bond donors (Lipinski definition) is 2. The second-order valence-corrected chi connectivity index (χ2v) is 9.17. The number of allylic oxidation sites excluding steroid dienone is 1. The molecule has 0 saturated carbocycles. The Balaban J connectivity index is 1.31. The van der Waals surface area contributed by atoms with Crippen molar-refractivity contribution in [2.75, 3.05) is 19.6 Å². The Morgan fingerprint density at radius 3 is 2.65 bits per heavy atom. The molecule has 4 rings (SSSR count). The fourth-order valence-electron chi connectivity index (χ4n) is 4.52. The van der Waals surface area contributed by atoms with E-state index in [0.29, 0.717) is 13.1 Å². The molecule has 2 heterocycles. The normalized spacial score (nSPS) is 17.4. The fraction of sp³-hybridized carbons (Fsp3) is 0.440. The van der Waals surface area contributed by atoms with E-state index in [2.05, 4.69) is 62.7 Å². The van der Waals surface area contributed by atoms with Gasteiger partial charge in [0, 0.05) is 26.2 Å². The van der Waals surface area contributed by atoms with Crippen LogP contribution in [0.2, 0.25) is 0 Å². The van der Waals surface area contributed by atoms with Crippen LogP contribution in [0.1, 0.15) is 54.8 Å². The second kappa shape index (κ2) is 10.7. The smallest absolute Gasteiger partial charge is 0.309 e. The number of thiophene rings is 1. The topological polar surface area (TPSA) is 61.4 Å². The van der Waals surface area contributed by atoms with Crippen LogP contribution >= 0.6 is 11.3 Å². The van der Waals surface area contributed by atoms with Gasteiger partial charge in [-0.25, -0.2) is 0 Å². The number of nitrogens with one attached hydrogen (secondary N) is 2. The summed E-state index contributed by atoms with van der Waals surface area (Å²) in [6.07, 6.45) is 8.85. The van der Waals surface area contributed by atoms with E-state index in [0.717, 1.165) is 38.8 Å². The van der Waals surface area contributed by atoms with Crippen molar-refractivity contribution in [2.24, 2.45) is 0 Å². The van der Waals surface area contributed by atoms with Crippen molar-refractivity contribution in [3.63, 3.8) is 0 Å². The molecular formula is C25H31N3O2S. The predicted molar refractivity (Wildman–Crippen MR) is 125 cm³/mol. The minimum atomic E-state index is -0.546. The molecule has 1 aromatic heterocycles. The number of rotatable bonds is 7. The third-order valence-corrected chi connectivity index (χ3v) is 7.01. The fourth-order valence-corrected chi connectivity index (χ4v) is 5.23. The van der Waals surface area contributed by atoms with Crippen LogP contribution in [0.25, 0.3) is 0 Å². The number of carbonyl (C=O) groups is 2. The molecule has 1 aromatic carbocycles. The van der Waals surface area contributed by atoms with Gasteiger partial charge in [-0.15, -0.1) is 0 Å². The first kappa shape index (κ1) is 21.8. The maximum Gasteiger partial charge on any atom is 0.309 e. The van der Waals surface area contributed by atoms with E-state index < -0.39 is 11.8 Å². The lowest BCUT2D eigenvalue weighted by Crippen LogP contribution is -2.45. The number of benzene rings is 1. The molecule has 0 spiro atoms. The first-order valence-corrected chi connectivity index (χ1v) is 12.2. The Labute approximate surface area is 188 Å². The van der Waals surface area contributed by atoms with E-state index in [9.17, 15) is 9.59 Å². The Hall–Kier alpha value is -2.44. The summed E-state index contributed by atoms with van der Waals surface area (Å²) in [5.41, 5.74) is 5.33. The zero-order valence-corrected chi connectivity index (χ0v) is 18.8. The van der Waals surface area contributed by atoms with Crippen LogP contribution in [-0.2, 0) is 22.6 Å². The highest BCUT2D eigenvalue weighted by molar-refractivity contribution is 7.08. The molecule has 0 radical (unpaired) electrons. The molecule has 6 heteroatoms. The van der Waals surface area contributed by atoms with Crippen LogP contribution in [0.3, 0.4) is 0 Å². The van der Waals surface area contributed by atoms with Gasteiger partial charge in [-0.2, -0.15) is 11.3 Å². The summed E-state index contributed by atoms with van der Waals surface area (Å²) in [6.45, 7) is 2.74. The predicted octanol–water partition coefficient (Wildman–Crippen LogP) is 3.97. The molecule has 1 atom stereocenters. The lowest BCUT2D eigenvalue weighted by molar-refractivity contribution is -0.139. The van der Waals surface area contributed by atoms with Gasteiger partial charge >= 0.3 is 11.8 Å². The van der Waals surface area contributed by atoms with Crippen LogP contribution in [0.15, 0.2) is 52.7 Å². The summed E-state index contributed by atoms with van der Waals surface area (Å²) >= 11 is 1.66. The molecule has 0 bridgehead atoms. The van der Waals surface area contributed by atoms with Gasteiger partial charge in [0.25, 0.3) is 0 Å². The zero-order chi connectivity index (χ0) is 21.5. The molecule has 164 valence electrons. The molecular weight excluding hydrogens is 406 g/mol. The quantitative estimate of drug-likeness (QED) is 0.509. The number of carbonyl (C=O) groups excluding carboxylic acids is 2. The second-order valence-electron chi connectivity index (χ2n) is 8.39. The average Bonchev–Trinajstić information content (AvgIpc) is 3.34. The van der Waals surface area contributed by atoms with Crippen LogP contribution in [0.5, 0.6) is 0 Å². The Bertz CT molecular complexity index is 923. The van der Waals surface area contributed by atoms with Crippen LogP contribution < -0.4 is 10.6 Å². The Morgan fingerprint density at radius 2 is 1.87 bits per heavy atom.